The third kappa shape index (κ3) is 5.33. The monoisotopic (exact) mass is 315 g/mol. The van der Waals surface area contributed by atoms with Crippen LogP contribution in [0.3, 0.4) is 0 Å². The van der Waals surface area contributed by atoms with Gasteiger partial charge in [0.1, 0.15) is 0 Å². The molecule has 0 spiro atoms. The minimum atomic E-state index is -3.38. The van der Waals surface area contributed by atoms with E-state index in [-0.39, 0.29) is 29.0 Å². The first kappa shape index (κ1) is 17.4. The number of rotatable bonds is 8. The highest BCUT2D eigenvalue weighted by molar-refractivity contribution is 7.91. The first-order valence-corrected chi connectivity index (χ1v) is 8.18. The van der Waals surface area contributed by atoms with Crippen molar-refractivity contribution in [1.29, 1.82) is 0 Å². The van der Waals surface area contributed by atoms with Gasteiger partial charge in [0.15, 0.2) is 15.7 Å². The summed E-state index contributed by atoms with van der Waals surface area (Å²) in [5.74, 6) is -0.0139. The Bertz CT molecular complexity index is 570. The van der Waals surface area contributed by atoms with Crippen molar-refractivity contribution in [1.82, 2.24) is 5.32 Å². The largest absolute Gasteiger partial charge is 0.409 e. The van der Waals surface area contributed by atoms with Crippen molar-refractivity contribution >= 4 is 15.7 Å². The van der Waals surface area contributed by atoms with Gasteiger partial charge in [0.05, 0.1) is 10.6 Å². The molecule has 21 heavy (non-hydrogen) atoms. The van der Waals surface area contributed by atoms with Crippen LogP contribution in [0.2, 0.25) is 0 Å². The zero-order chi connectivity index (χ0) is 15.9. The van der Waals surface area contributed by atoms with E-state index in [0.717, 1.165) is 0 Å². The number of hydrogen-bond acceptors (Lipinski definition) is 6. The molecule has 0 saturated carbocycles. The molecule has 0 saturated heterocycles. The van der Waals surface area contributed by atoms with E-state index in [9.17, 15) is 8.42 Å². The van der Waals surface area contributed by atoms with Crippen LogP contribution < -0.4 is 11.1 Å². The van der Waals surface area contributed by atoms with E-state index >= 15 is 0 Å². The first-order valence-electron chi connectivity index (χ1n) is 6.53. The van der Waals surface area contributed by atoms with Gasteiger partial charge in [0, 0.05) is 18.7 Å². The molecule has 1 unspecified atom stereocenters. The predicted octanol–water partition coefficient (Wildman–Crippen LogP) is -0.227. The molecular weight excluding hydrogens is 294 g/mol. The van der Waals surface area contributed by atoms with Crippen LogP contribution in [-0.2, 0) is 9.84 Å². The van der Waals surface area contributed by atoms with Crippen molar-refractivity contribution in [3.8, 4) is 0 Å². The number of aliphatic hydroxyl groups excluding tert-OH is 1. The Morgan fingerprint density at radius 1 is 1.38 bits per heavy atom. The van der Waals surface area contributed by atoms with Crippen molar-refractivity contribution < 1.29 is 18.7 Å². The van der Waals surface area contributed by atoms with E-state index in [1.54, 1.807) is 0 Å². The van der Waals surface area contributed by atoms with Gasteiger partial charge in [-0.3, -0.25) is 0 Å². The molecule has 0 amide bonds. The average Bonchev–Trinajstić information content (AvgIpc) is 2.50. The molecule has 0 aliphatic heterocycles. The number of aliphatic hydroxyl groups is 1. The Balaban J connectivity index is 2.62. The van der Waals surface area contributed by atoms with Crippen LogP contribution in [0.4, 0.5) is 0 Å². The fourth-order valence-electron chi connectivity index (χ4n) is 1.63. The molecular formula is C13H21N3O4S. The number of nitrogens with two attached hydrogens (primary N) is 1. The SMILES string of the molecule is CC(CO)CNCCS(=O)(=O)c1ccc(/C(N)=N/O)cc1. The topological polar surface area (TPSA) is 125 Å². The summed E-state index contributed by atoms with van der Waals surface area (Å²) in [6.07, 6.45) is 0. The normalized spacial score (nSPS) is 14.1. The van der Waals surface area contributed by atoms with Crippen LogP contribution in [0.5, 0.6) is 0 Å². The van der Waals surface area contributed by atoms with Gasteiger partial charge in [0.25, 0.3) is 0 Å². The summed E-state index contributed by atoms with van der Waals surface area (Å²) in [7, 11) is -3.38. The lowest BCUT2D eigenvalue weighted by Gasteiger charge is -2.10. The quantitative estimate of drug-likeness (QED) is 0.173. The maximum absolute atomic E-state index is 12.1. The van der Waals surface area contributed by atoms with Crippen molar-refractivity contribution in [2.45, 2.75) is 11.8 Å². The van der Waals surface area contributed by atoms with Gasteiger partial charge in [-0.25, -0.2) is 8.42 Å². The maximum Gasteiger partial charge on any atom is 0.179 e. The van der Waals surface area contributed by atoms with Crippen LogP contribution in [0, 0.1) is 5.92 Å². The third-order valence-electron chi connectivity index (χ3n) is 2.97. The Morgan fingerprint density at radius 3 is 2.52 bits per heavy atom. The second kappa shape index (κ2) is 7.96. The zero-order valence-electron chi connectivity index (χ0n) is 11.9. The van der Waals surface area contributed by atoms with E-state index in [1.807, 2.05) is 6.92 Å². The van der Waals surface area contributed by atoms with E-state index in [2.05, 4.69) is 10.5 Å². The smallest absolute Gasteiger partial charge is 0.179 e. The van der Waals surface area contributed by atoms with Crippen molar-refractivity contribution in [2.75, 3.05) is 25.4 Å². The molecule has 7 nitrogen and oxygen atoms in total. The Kier molecular flexibility index (Phi) is 6.60. The van der Waals surface area contributed by atoms with Crippen LogP contribution in [-0.4, -0.2) is 50.0 Å². The fourth-order valence-corrected chi connectivity index (χ4v) is 2.83. The standard InChI is InChI=1S/C13H21N3O4S/c1-10(9-17)8-15-6-7-21(19,20)12-4-2-11(3-5-12)13(14)16-18/h2-5,10,15,17-18H,6-9H2,1H3,(H2,14,16). The van der Waals surface area contributed by atoms with Gasteiger partial charge in [-0.1, -0.05) is 12.1 Å². The van der Waals surface area contributed by atoms with Gasteiger partial charge >= 0.3 is 0 Å². The van der Waals surface area contributed by atoms with Crippen molar-refractivity contribution in [3.63, 3.8) is 0 Å². The molecule has 0 heterocycles. The average molecular weight is 315 g/mol. The number of amidine groups is 1. The molecule has 1 aromatic carbocycles. The van der Waals surface area contributed by atoms with Gasteiger partial charge < -0.3 is 21.4 Å². The number of nitrogens with one attached hydrogen (secondary N) is 1. The number of benzene rings is 1. The molecule has 0 fully saturated rings. The van der Waals surface area contributed by atoms with E-state index in [1.165, 1.54) is 24.3 Å². The second-order valence-electron chi connectivity index (χ2n) is 4.82. The van der Waals surface area contributed by atoms with Gasteiger partial charge in [0.2, 0.25) is 0 Å². The summed E-state index contributed by atoms with van der Waals surface area (Å²) in [6.45, 7) is 2.81. The zero-order valence-corrected chi connectivity index (χ0v) is 12.7. The van der Waals surface area contributed by atoms with Crippen molar-refractivity contribution in [3.05, 3.63) is 29.8 Å². The molecule has 1 rings (SSSR count). The predicted molar refractivity (Wildman–Crippen MR) is 80.1 cm³/mol. The number of sulfone groups is 1. The summed E-state index contributed by atoms with van der Waals surface area (Å²) >= 11 is 0. The highest BCUT2D eigenvalue weighted by atomic mass is 32.2. The molecule has 1 atom stereocenters. The van der Waals surface area contributed by atoms with Crippen LogP contribution in [0.15, 0.2) is 34.3 Å². The molecule has 0 radical (unpaired) electrons. The first-order chi connectivity index (χ1) is 9.90. The van der Waals surface area contributed by atoms with Crippen LogP contribution in [0.25, 0.3) is 0 Å². The molecule has 0 aliphatic rings. The Hall–Kier alpha value is -1.64. The molecule has 0 aromatic heterocycles. The fraction of sp³-hybridized carbons (Fsp3) is 0.462. The van der Waals surface area contributed by atoms with Crippen LogP contribution in [0.1, 0.15) is 12.5 Å². The summed E-state index contributed by atoms with van der Waals surface area (Å²) in [4.78, 5) is 0.189. The third-order valence-corrected chi connectivity index (χ3v) is 4.70. The van der Waals surface area contributed by atoms with Gasteiger partial charge in [-0.15, -0.1) is 0 Å². The minimum absolute atomic E-state index is 0.0337. The van der Waals surface area contributed by atoms with E-state index in [0.29, 0.717) is 18.7 Å². The summed E-state index contributed by atoms with van der Waals surface area (Å²) in [5, 5.41) is 23.3. The van der Waals surface area contributed by atoms with Crippen molar-refractivity contribution in [2.24, 2.45) is 16.8 Å². The molecule has 0 bridgehead atoms. The van der Waals surface area contributed by atoms with Gasteiger partial charge in [-0.05, 0) is 36.7 Å². The Labute approximate surface area is 124 Å². The van der Waals surface area contributed by atoms with E-state index < -0.39 is 9.84 Å². The molecule has 118 valence electrons. The lowest BCUT2D eigenvalue weighted by atomic mass is 10.2. The number of hydrogen-bond donors (Lipinski definition) is 4. The lowest BCUT2D eigenvalue weighted by molar-refractivity contribution is 0.234. The minimum Gasteiger partial charge on any atom is -0.409 e. The summed E-state index contributed by atoms with van der Waals surface area (Å²) in [5.41, 5.74) is 5.86. The van der Waals surface area contributed by atoms with E-state index in [4.69, 9.17) is 16.0 Å². The molecule has 8 heteroatoms. The van der Waals surface area contributed by atoms with Gasteiger partial charge in [-0.2, -0.15) is 0 Å². The highest BCUT2D eigenvalue weighted by Crippen LogP contribution is 2.12. The lowest BCUT2D eigenvalue weighted by Crippen LogP contribution is -2.28. The number of nitrogens with zero attached hydrogens (tertiary/aromatic N) is 1. The summed E-state index contributed by atoms with van der Waals surface area (Å²) in [6, 6.07) is 5.84. The highest BCUT2D eigenvalue weighted by Gasteiger charge is 2.14. The molecule has 0 aliphatic carbocycles. The maximum atomic E-state index is 12.1. The molecule has 1 aromatic rings. The second-order valence-corrected chi connectivity index (χ2v) is 6.93. The Morgan fingerprint density at radius 2 is 2.00 bits per heavy atom. The molecule has 5 N–H and O–H groups in total. The summed E-state index contributed by atoms with van der Waals surface area (Å²) < 4.78 is 24.2. The number of oxime groups is 1. The van der Waals surface area contributed by atoms with Crippen LogP contribution >= 0.6 is 0 Å².